The Labute approximate surface area is 114 Å². The molecule has 0 fully saturated rings. The Morgan fingerprint density at radius 2 is 2.20 bits per heavy atom. The molecule has 0 aliphatic carbocycles. The van der Waals surface area contributed by atoms with E-state index in [2.05, 4.69) is 15.1 Å². The van der Waals surface area contributed by atoms with E-state index >= 15 is 0 Å². The molecule has 0 amide bonds. The van der Waals surface area contributed by atoms with Crippen LogP contribution in [0.25, 0.3) is 5.82 Å². The van der Waals surface area contributed by atoms with Crippen LogP contribution in [0.1, 0.15) is 5.69 Å². The Bertz CT molecular complexity index is 615. The molecule has 0 bridgehead atoms. The van der Waals surface area contributed by atoms with Crippen LogP contribution < -0.4 is 0 Å². The summed E-state index contributed by atoms with van der Waals surface area (Å²) in [6.45, 7) is 0. The molecule has 1 N–H and O–H groups in total. The minimum Gasteiger partial charge on any atom is -0.481 e. The lowest BCUT2D eigenvalue weighted by molar-refractivity contribution is -0.141. The topological polar surface area (TPSA) is 80.9 Å². The van der Waals surface area contributed by atoms with Crippen LogP contribution in [-0.4, -0.2) is 36.6 Å². The molecule has 0 radical (unpaired) electrons. The maximum atomic E-state index is 12.7. The van der Waals surface area contributed by atoms with Gasteiger partial charge in [0.15, 0.2) is 11.5 Å². The molecule has 20 heavy (non-hydrogen) atoms. The molecule has 2 heterocycles. The number of alkyl halides is 3. The van der Waals surface area contributed by atoms with Crippen LogP contribution >= 0.6 is 11.8 Å². The smallest absolute Gasteiger partial charge is 0.435 e. The second kappa shape index (κ2) is 5.49. The number of carboxylic acid groups (broad SMARTS) is 1. The molecule has 6 nitrogen and oxygen atoms in total. The first-order valence-corrected chi connectivity index (χ1v) is 6.15. The Morgan fingerprint density at radius 1 is 1.45 bits per heavy atom. The number of carbonyl (C=O) groups is 1. The van der Waals surface area contributed by atoms with Crippen molar-refractivity contribution in [2.45, 2.75) is 11.2 Å². The van der Waals surface area contributed by atoms with E-state index in [1.54, 1.807) is 0 Å². The minimum atomic E-state index is -4.61. The minimum absolute atomic E-state index is 0.0402. The number of halogens is 3. The highest BCUT2D eigenvalue weighted by Gasteiger charge is 2.35. The second-order valence-electron chi connectivity index (χ2n) is 3.53. The van der Waals surface area contributed by atoms with Gasteiger partial charge in [0, 0.05) is 18.3 Å². The number of rotatable bonds is 4. The van der Waals surface area contributed by atoms with Crippen molar-refractivity contribution in [3.63, 3.8) is 0 Å². The van der Waals surface area contributed by atoms with E-state index in [1.165, 1.54) is 12.3 Å². The van der Waals surface area contributed by atoms with E-state index in [1.807, 2.05) is 0 Å². The summed E-state index contributed by atoms with van der Waals surface area (Å²) in [5.74, 6) is -1.39. The van der Waals surface area contributed by atoms with Gasteiger partial charge in [-0.15, -0.1) is 0 Å². The number of hydrogen-bond donors (Lipinski definition) is 1. The van der Waals surface area contributed by atoms with Crippen LogP contribution in [0.2, 0.25) is 0 Å². The van der Waals surface area contributed by atoms with E-state index in [0.717, 1.165) is 28.8 Å². The molecule has 0 aliphatic heterocycles. The average molecular weight is 304 g/mol. The zero-order valence-corrected chi connectivity index (χ0v) is 10.5. The van der Waals surface area contributed by atoms with Crippen LogP contribution in [-0.2, 0) is 11.0 Å². The summed E-state index contributed by atoms with van der Waals surface area (Å²) in [7, 11) is 0. The molecule has 2 aromatic rings. The van der Waals surface area contributed by atoms with Crippen LogP contribution in [0.15, 0.2) is 29.7 Å². The first-order chi connectivity index (χ1) is 9.38. The largest absolute Gasteiger partial charge is 0.481 e. The average Bonchev–Trinajstić information content (AvgIpc) is 2.81. The Balaban J connectivity index is 2.42. The van der Waals surface area contributed by atoms with Gasteiger partial charge >= 0.3 is 12.1 Å². The van der Waals surface area contributed by atoms with Gasteiger partial charge in [0.05, 0.1) is 5.75 Å². The zero-order valence-electron chi connectivity index (χ0n) is 9.70. The van der Waals surface area contributed by atoms with Gasteiger partial charge in [-0.1, -0.05) is 11.8 Å². The number of hydrogen-bond acceptors (Lipinski definition) is 5. The molecule has 0 atom stereocenters. The number of nitrogens with zero attached hydrogens (tertiary/aromatic N) is 4. The summed E-state index contributed by atoms with van der Waals surface area (Å²) in [5.41, 5.74) is -1.11. The van der Waals surface area contributed by atoms with Gasteiger partial charge < -0.3 is 5.11 Å². The van der Waals surface area contributed by atoms with Gasteiger partial charge in [-0.2, -0.15) is 18.3 Å². The van der Waals surface area contributed by atoms with Crippen LogP contribution in [0.3, 0.4) is 0 Å². The predicted molar refractivity (Wildman–Crippen MR) is 62.5 cm³/mol. The summed E-state index contributed by atoms with van der Waals surface area (Å²) in [6, 6.07) is 2.16. The summed E-state index contributed by atoms with van der Waals surface area (Å²) in [4.78, 5) is 18.0. The first-order valence-electron chi connectivity index (χ1n) is 5.16. The molecule has 0 unspecified atom stereocenters. The lowest BCUT2D eigenvalue weighted by Gasteiger charge is -2.04. The summed E-state index contributed by atoms with van der Waals surface area (Å²) in [5, 5.41) is 12.1. The van der Waals surface area contributed by atoms with Gasteiger partial charge in [-0.3, -0.25) is 4.79 Å². The third-order valence-corrected chi connectivity index (χ3v) is 3.07. The molecule has 10 heteroatoms. The Kier molecular flexibility index (Phi) is 3.93. The van der Waals surface area contributed by atoms with E-state index in [0.29, 0.717) is 0 Å². The number of aliphatic carboxylic acids is 1. The second-order valence-corrected chi connectivity index (χ2v) is 4.52. The molecule has 2 aromatic heterocycles. The van der Waals surface area contributed by atoms with E-state index in [4.69, 9.17) is 5.11 Å². The van der Waals surface area contributed by atoms with Crippen molar-refractivity contribution in [1.82, 2.24) is 19.7 Å². The first kappa shape index (κ1) is 14.3. The zero-order chi connectivity index (χ0) is 14.8. The molecule has 0 saturated carbocycles. The van der Waals surface area contributed by atoms with Gasteiger partial charge in [-0.25, -0.2) is 14.6 Å². The monoisotopic (exact) mass is 304 g/mol. The summed E-state index contributed by atoms with van der Waals surface area (Å²) in [6.07, 6.45) is -2.10. The van der Waals surface area contributed by atoms with E-state index in [-0.39, 0.29) is 16.6 Å². The molecule has 0 aromatic carbocycles. The van der Waals surface area contributed by atoms with Gasteiger partial charge in [0.2, 0.25) is 0 Å². The van der Waals surface area contributed by atoms with Crippen molar-refractivity contribution < 1.29 is 23.1 Å². The van der Waals surface area contributed by atoms with Gasteiger partial charge in [0.1, 0.15) is 11.4 Å². The highest BCUT2D eigenvalue weighted by Crippen LogP contribution is 2.32. The number of carboxylic acids is 1. The summed E-state index contributed by atoms with van der Waals surface area (Å²) >= 11 is 0.727. The van der Waals surface area contributed by atoms with Crippen LogP contribution in [0.5, 0.6) is 0 Å². The van der Waals surface area contributed by atoms with E-state index in [9.17, 15) is 18.0 Å². The molecular weight excluding hydrogens is 297 g/mol. The predicted octanol–water partition coefficient (Wildman–Crippen LogP) is 1.86. The Hall–Kier alpha value is -2.10. The standard InChI is InChI=1S/C10H7F3N4O2S/c11-10(12,13)6-3-8(20-4-9(18)19)17(16-6)7-1-2-14-5-15-7/h1-3,5H,4H2,(H,18,19). The number of thioether (sulfide) groups is 1. The third kappa shape index (κ3) is 3.26. The van der Waals surface area contributed by atoms with Gasteiger partial charge in [0.25, 0.3) is 0 Å². The van der Waals surface area contributed by atoms with Crippen molar-refractivity contribution in [3.05, 3.63) is 30.4 Å². The van der Waals surface area contributed by atoms with E-state index < -0.39 is 17.8 Å². The highest BCUT2D eigenvalue weighted by atomic mass is 32.2. The maximum absolute atomic E-state index is 12.7. The summed E-state index contributed by atoms with van der Waals surface area (Å²) < 4.78 is 38.9. The van der Waals surface area contributed by atoms with Gasteiger partial charge in [-0.05, 0) is 0 Å². The van der Waals surface area contributed by atoms with Crippen molar-refractivity contribution in [2.24, 2.45) is 0 Å². The van der Waals surface area contributed by atoms with Crippen molar-refractivity contribution >= 4 is 17.7 Å². The fraction of sp³-hybridized carbons (Fsp3) is 0.200. The fourth-order valence-electron chi connectivity index (χ4n) is 1.31. The maximum Gasteiger partial charge on any atom is 0.435 e. The molecular formula is C10H7F3N4O2S. The van der Waals surface area contributed by atoms with Crippen LogP contribution in [0.4, 0.5) is 13.2 Å². The molecule has 106 valence electrons. The van der Waals surface area contributed by atoms with Crippen molar-refractivity contribution in [1.29, 1.82) is 0 Å². The normalized spacial score (nSPS) is 11.6. The third-order valence-electron chi connectivity index (χ3n) is 2.09. The SMILES string of the molecule is O=C(O)CSc1cc(C(F)(F)F)nn1-c1ccncn1. The van der Waals surface area contributed by atoms with Crippen molar-refractivity contribution in [3.8, 4) is 5.82 Å². The fourth-order valence-corrected chi connectivity index (χ4v) is 2.04. The highest BCUT2D eigenvalue weighted by molar-refractivity contribution is 7.99. The molecule has 0 aliphatic rings. The van der Waals surface area contributed by atoms with Crippen LogP contribution in [0, 0.1) is 0 Å². The molecule has 0 spiro atoms. The van der Waals surface area contributed by atoms with Crippen molar-refractivity contribution in [2.75, 3.05) is 5.75 Å². The lowest BCUT2D eigenvalue weighted by Crippen LogP contribution is -2.08. The molecule has 2 rings (SSSR count). The lowest BCUT2D eigenvalue weighted by atomic mass is 10.4. The Morgan fingerprint density at radius 3 is 2.75 bits per heavy atom. The number of aromatic nitrogens is 4. The molecule has 0 saturated heterocycles. The quantitative estimate of drug-likeness (QED) is 0.868.